The molecular weight excluding hydrogens is 456 g/mol. The third-order valence-electron chi connectivity index (χ3n) is 5.36. The fourth-order valence-electron chi connectivity index (χ4n) is 3.70. The van der Waals surface area contributed by atoms with Crippen LogP contribution in [-0.4, -0.2) is 44.7 Å². The third kappa shape index (κ3) is 4.05. The number of carbonyl (C=O) groups excluding carboxylic acids is 2. The normalized spacial score (nSPS) is 14.5. The summed E-state index contributed by atoms with van der Waals surface area (Å²) >= 11 is 2.63. The quantitative estimate of drug-likeness (QED) is 0.346. The maximum Gasteiger partial charge on any atom is 0.324 e. The van der Waals surface area contributed by atoms with Crippen molar-refractivity contribution in [1.82, 2.24) is 19.8 Å². The summed E-state index contributed by atoms with van der Waals surface area (Å²) < 4.78 is 1.54. The molecule has 1 unspecified atom stereocenters. The van der Waals surface area contributed by atoms with E-state index in [2.05, 4.69) is 5.32 Å². The molecule has 4 aromatic rings. The fraction of sp³-hybridized carbons (Fsp3) is 0.167. The average molecular weight is 477 g/mol. The molecule has 3 heterocycles. The van der Waals surface area contributed by atoms with Gasteiger partial charge in [0.15, 0.2) is 5.16 Å². The largest absolute Gasteiger partial charge is 0.336 e. The van der Waals surface area contributed by atoms with Gasteiger partial charge in [0.05, 0.1) is 16.3 Å². The van der Waals surface area contributed by atoms with Crippen LogP contribution in [0, 0.1) is 0 Å². The maximum absolute atomic E-state index is 13.6. The van der Waals surface area contributed by atoms with Crippen LogP contribution in [0.4, 0.5) is 4.79 Å². The van der Waals surface area contributed by atoms with Crippen LogP contribution in [-0.2, 0) is 4.79 Å². The molecular formula is C24H20N4O3S2. The van der Waals surface area contributed by atoms with Crippen molar-refractivity contribution in [2.24, 2.45) is 0 Å². The number of imide groups is 1. The number of carbonyl (C=O) groups is 2. The molecule has 5 rings (SSSR count). The van der Waals surface area contributed by atoms with E-state index in [0.29, 0.717) is 34.1 Å². The van der Waals surface area contributed by atoms with Crippen molar-refractivity contribution in [3.63, 3.8) is 0 Å². The van der Waals surface area contributed by atoms with E-state index in [1.54, 1.807) is 11.5 Å². The summed E-state index contributed by atoms with van der Waals surface area (Å²) in [6, 6.07) is 20.6. The number of thiophene rings is 1. The molecule has 0 aliphatic carbocycles. The molecule has 1 fully saturated rings. The van der Waals surface area contributed by atoms with Gasteiger partial charge in [-0.25, -0.2) is 9.78 Å². The van der Waals surface area contributed by atoms with Crippen LogP contribution in [0.25, 0.3) is 26.3 Å². The Morgan fingerprint density at radius 3 is 2.45 bits per heavy atom. The number of aromatic nitrogens is 2. The Kier molecular flexibility index (Phi) is 5.74. The number of urea groups is 1. The molecule has 0 saturated carbocycles. The molecule has 1 aliphatic heterocycles. The number of nitrogens with zero attached hydrogens (tertiary/aromatic N) is 3. The van der Waals surface area contributed by atoms with Gasteiger partial charge in [0.2, 0.25) is 5.91 Å². The summed E-state index contributed by atoms with van der Waals surface area (Å²) in [5, 5.41) is 3.00. The number of thioether (sulfide) groups is 1. The molecule has 1 saturated heterocycles. The van der Waals surface area contributed by atoms with E-state index < -0.39 is 5.25 Å². The molecule has 33 heavy (non-hydrogen) atoms. The lowest BCUT2D eigenvalue weighted by Gasteiger charge is -2.19. The van der Waals surface area contributed by atoms with E-state index in [1.165, 1.54) is 28.0 Å². The average Bonchev–Trinajstić information content (AvgIpc) is 3.46. The zero-order valence-electron chi connectivity index (χ0n) is 17.7. The number of amides is 3. The first kappa shape index (κ1) is 21.4. The second-order valence-corrected chi connectivity index (χ2v) is 9.89. The minimum atomic E-state index is -0.596. The Hall–Kier alpha value is -3.43. The number of nitrogens with one attached hydrogen (secondary N) is 1. The van der Waals surface area contributed by atoms with Crippen LogP contribution in [0.3, 0.4) is 0 Å². The highest BCUT2D eigenvalue weighted by Gasteiger charge is 2.31. The van der Waals surface area contributed by atoms with E-state index >= 15 is 0 Å². The summed E-state index contributed by atoms with van der Waals surface area (Å²) in [5.41, 5.74) is 1.50. The van der Waals surface area contributed by atoms with Crippen molar-refractivity contribution in [3.05, 3.63) is 77.1 Å². The molecule has 2 aromatic heterocycles. The Balaban J connectivity index is 1.61. The van der Waals surface area contributed by atoms with Crippen molar-refractivity contribution >= 4 is 45.3 Å². The molecule has 9 heteroatoms. The van der Waals surface area contributed by atoms with E-state index in [4.69, 9.17) is 4.98 Å². The van der Waals surface area contributed by atoms with Crippen LogP contribution in [0.2, 0.25) is 0 Å². The summed E-state index contributed by atoms with van der Waals surface area (Å²) in [4.78, 5) is 46.0. The van der Waals surface area contributed by atoms with Gasteiger partial charge in [0.1, 0.15) is 4.83 Å². The van der Waals surface area contributed by atoms with Crippen LogP contribution in [0.15, 0.2) is 76.7 Å². The monoisotopic (exact) mass is 476 g/mol. The lowest BCUT2D eigenvalue weighted by atomic mass is 10.2. The van der Waals surface area contributed by atoms with Gasteiger partial charge < -0.3 is 5.32 Å². The first-order valence-electron chi connectivity index (χ1n) is 10.5. The number of rotatable bonds is 5. The van der Waals surface area contributed by atoms with Gasteiger partial charge in [-0.3, -0.25) is 19.1 Å². The highest BCUT2D eigenvalue weighted by Crippen LogP contribution is 2.33. The van der Waals surface area contributed by atoms with Gasteiger partial charge in [-0.2, -0.15) is 0 Å². The van der Waals surface area contributed by atoms with Crippen molar-refractivity contribution in [3.8, 4) is 16.1 Å². The SMILES string of the molecule is CC(Sc1nc2sc(-c3ccccc3)cc2c(=O)n1-c1ccccc1)C(=O)N1CCNC1=O. The minimum Gasteiger partial charge on any atom is -0.336 e. The summed E-state index contributed by atoms with van der Waals surface area (Å²) in [6.45, 7) is 2.51. The van der Waals surface area contributed by atoms with Crippen LogP contribution < -0.4 is 10.9 Å². The smallest absolute Gasteiger partial charge is 0.324 e. The van der Waals surface area contributed by atoms with Crippen LogP contribution in [0.1, 0.15) is 6.92 Å². The van der Waals surface area contributed by atoms with Gasteiger partial charge in [-0.05, 0) is 30.7 Å². The molecule has 1 aliphatic rings. The zero-order valence-corrected chi connectivity index (χ0v) is 19.4. The highest BCUT2D eigenvalue weighted by molar-refractivity contribution is 8.00. The molecule has 0 bridgehead atoms. The molecule has 0 radical (unpaired) electrons. The highest BCUT2D eigenvalue weighted by atomic mass is 32.2. The predicted octanol–water partition coefficient (Wildman–Crippen LogP) is 4.15. The lowest BCUT2D eigenvalue weighted by Crippen LogP contribution is -2.39. The first-order chi connectivity index (χ1) is 16.0. The summed E-state index contributed by atoms with van der Waals surface area (Å²) in [5.74, 6) is -0.305. The van der Waals surface area contributed by atoms with Crippen LogP contribution in [0.5, 0.6) is 0 Å². The second kappa shape index (κ2) is 8.84. The third-order valence-corrected chi connectivity index (χ3v) is 7.48. The number of hydrogen-bond donors (Lipinski definition) is 1. The minimum absolute atomic E-state index is 0.189. The number of hydrogen-bond acceptors (Lipinski definition) is 6. The Bertz CT molecular complexity index is 1400. The maximum atomic E-state index is 13.6. The van der Waals surface area contributed by atoms with E-state index in [1.807, 2.05) is 66.7 Å². The Labute approximate surface area is 198 Å². The van der Waals surface area contributed by atoms with E-state index in [0.717, 1.165) is 10.4 Å². The van der Waals surface area contributed by atoms with Crippen molar-refractivity contribution in [2.75, 3.05) is 13.1 Å². The number of benzene rings is 2. The number of para-hydroxylation sites is 1. The summed E-state index contributed by atoms with van der Waals surface area (Å²) in [7, 11) is 0. The first-order valence-corrected chi connectivity index (χ1v) is 12.2. The summed E-state index contributed by atoms with van der Waals surface area (Å²) in [6.07, 6.45) is 0. The van der Waals surface area contributed by atoms with E-state index in [9.17, 15) is 14.4 Å². The van der Waals surface area contributed by atoms with Gasteiger partial charge in [0, 0.05) is 18.0 Å². The van der Waals surface area contributed by atoms with Gasteiger partial charge in [-0.15, -0.1) is 11.3 Å². The molecule has 1 atom stereocenters. The molecule has 7 nitrogen and oxygen atoms in total. The standard InChI is InChI=1S/C24H20N4O3S2/c1-15(21(29)27-13-12-25-23(27)31)32-24-26-20-18(14-19(33-20)16-8-4-2-5-9-16)22(30)28(24)17-10-6-3-7-11-17/h2-11,14-15H,12-13H2,1H3,(H,25,31). The topological polar surface area (TPSA) is 84.3 Å². The molecule has 0 spiro atoms. The molecule has 166 valence electrons. The number of fused-ring (bicyclic) bond motifs is 1. The second-order valence-electron chi connectivity index (χ2n) is 7.55. The molecule has 1 N–H and O–H groups in total. The lowest BCUT2D eigenvalue weighted by molar-refractivity contribution is -0.126. The van der Waals surface area contributed by atoms with Crippen molar-refractivity contribution in [2.45, 2.75) is 17.3 Å². The zero-order chi connectivity index (χ0) is 22.9. The van der Waals surface area contributed by atoms with Gasteiger partial charge in [-0.1, -0.05) is 60.3 Å². The fourth-order valence-corrected chi connectivity index (χ4v) is 5.77. The van der Waals surface area contributed by atoms with Crippen molar-refractivity contribution in [1.29, 1.82) is 0 Å². The van der Waals surface area contributed by atoms with Crippen LogP contribution >= 0.6 is 23.1 Å². The molecule has 2 aromatic carbocycles. The van der Waals surface area contributed by atoms with Gasteiger partial charge in [0.25, 0.3) is 5.56 Å². The van der Waals surface area contributed by atoms with E-state index in [-0.39, 0.29) is 17.5 Å². The Morgan fingerprint density at radius 2 is 1.79 bits per heavy atom. The van der Waals surface area contributed by atoms with Crippen molar-refractivity contribution < 1.29 is 9.59 Å². The Morgan fingerprint density at radius 1 is 1.09 bits per heavy atom. The van der Waals surface area contributed by atoms with Gasteiger partial charge >= 0.3 is 6.03 Å². The molecule has 3 amide bonds. The predicted molar refractivity (Wildman–Crippen MR) is 131 cm³/mol.